The van der Waals surface area contributed by atoms with Crippen LogP contribution in [0.2, 0.25) is 5.02 Å². The van der Waals surface area contributed by atoms with Gasteiger partial charge in [0.2, 0.25) is 0 Å². The number of halogens is 1. The normalized spacial score (nSPS) is 19.3. The molecule has 0 bridgehead atoms. The van der Waals surface area contributed by atoms with Crippen LogP contribution in [0.3, 0.4) is 0 Å². The van der Waals surface area contributed by atoms with Crippen molar-refractivity contribution >= 4 is 17.3 Å². The first-order valence-electron chi connectivity index (χ1n) is 7.59. The van der Waals surface area contributed by atoms with Crippen LogP contribution in [0.4, 0.5) is 5.69 Å². The van der Waals surface area contributed by atoms with E-state index < -0.39 is 0 Å². The maximum absolute atomic E-state index is 5.99. The van der Waals surface area contributed by atoms with Gasteiger partial charge in [-0.1, -0.05) is 41.9 Å². The third kappa shape index (κ3) is 3.99. The molecule has 110 valence electrons. The summed E-state index contributed by atoms with van der Waals surface area (Å²) in [6.45, 7) is 3.22. The number of rotatable bonds is 3. The fourth-order valence-corrected chi connectivity index (χ4v) is 3.05. The van der Waals surface area contributed by atoms with Crippen LogP contribution in [-0.4, -0.2) is 25.7 Å². The third-order valence-corrected chi connectivity index (χ3v) is 4.25. The second-order valence-electron chi connectivity index (χ2n) is 5.62. The lowest BCUT2D eigenvalue weighted by Gasteiger charge is -2.26. The second-order valence-corrected chi connectivity index (χ2v) is 6.05. The van der Waals surface area contributed by atoms with E-state index in [9.17, 15) is 0 Å². The number of nitrogens with zero attached hydrogens (tertiary/aromatic N) is 1. The molecule has 21 heavy (non-hydrogen) atoms. The Hall–Kier alpha value is -1.51. The summed E-state index contributed by atoms with van der Waals surface area (Å²) in [5.41, 5.74) is 2.66. The van der Waals surface area contributed by atoms with Gasteiger partial charge in [0.15, 0.2) is 0 Å². The highest BCUT2D eigenvalue weighted by Crippen LogP contribution is 2.20. The van der Waals surface area contributed by atoms with Gasteiger partial charge in [0.25, 0.3) is 0 Å². The molecule has 1 aliphatic rings. The molecule has 1 fully saturated rings. The highest BCUT2D eigenvalue weighted by molar-refractivity contribution is 6.30. The molecule has 3 heteroatoms. The first-order valence-corrected chi connectivity index (χ1v) is 7.97. The van der Waals surface area contributed by atoms with Crippen molar-refractivity contribution in [3.63, 3.8) is 0 Å². The predicted octanol–water partition coefficient (Wildman–Crippen LogP) is 3.75. The average Bonchev–Trinajstić information content (AvgIpc) is 2.75. The molecule has 1 saturated heterocycles. The molecule has 2 nitrogen and oxygen atoms in total. The molecule has 1 aliphatic heterocycles. The summed E-state index contributed by atoms with van der Waals surface area (Å²) >= 11 is 5.99. The van der Waals surface area contributed by atoms with Crippen molar-refractivity contribution in [2.45, 2.75) is 18.9 Å². The summed E-state index contributed by atoms with van der Waals surface area (Å²) < 4.78 is 0. The summed E-state index contributed by atoms with van der Waals surface area (Å²) in [6, 6.07) is 19.4. The molecule has 1 heterocycles. The Labute approximate surface area is 131 Å². The SMILES string of the molecule is Clc1ccc(N2CCCNC(Cc3ccccc3)C2)cc1. The van der Waals surface area contributed by atoms with Gasteiger partial charge in [-0.2, -0.15) is 0 Å². The summed E-state index contributed by atoms with van der Waals surface area (Å²) in [7, 11) is 0. The standard InChI is InChI=1S/C18H21ClN2/c19-16-7-9-18(10-8-16)21-12-4-11-20-17(14-21)13-15-5-2-1-3-6-15/h1-3,5-10,17,20H,4,11-14H2. The topological polar surface area (TPSA) is 15.3 Å². The number of hydrogen-bond donors (Lipinski definition) is 1. The fourth-order valence-electron chi connectivity index (χ4n) is 2.92. The molecular weight excluding hydrogens is 280 g/mol. The molecule has 0 spiro atoms. The molecular formula is C18H21ClN2. The molecule has 2 aromatic rings. The van der Waals surface area contributed by atoms with Crippen molar-refractivity contribution in [1.29, 1.82) is 0 Å². The van der Waals surface area contributed by atoms with E-state index >= 15 is 0 Å². The van der Waals surface area contributed by atoms with Crippen LogP contribution in [0.5, 0.6) is 0 Å². The number of hydrogen-bond acceptors (Lipinski definition) is 2. The molecule has 1 unspecified atom stereocenters. The van der Waals surface area contributed by atoms with Crippen LogP contribution in [0.15, 0.2) is 54.6 Å². The molecule has 3 rings (SSSR count). The Balaban J connectivity index is 1.70. The van der Waals surface area contributed by atoms with Crippen molar-refractivity contribution < 1.29 is 0 Å². The van der Waals surface area contributed by atoms with E-state index in [0.29, 0.717) is 6.04 Å². The van der Waals surface area contributed by atoms with Crippen LogP contribution in [-0.2, 0) is 6.42 Å². The monoisotopic (exact) mass is 300 g/mol. The summed E-state index contributed by atoms with van der Waals surface area (Å²) in [4.78, 5) is 2.46. The van der Waals surface area contributed by atoms with Crippen LogP contribution >= 0.6 is 11.6 Å². The Morgan fingerprint density at radius 2 is 1.81 bits per heavy atom. The van der Waals surface area contributed by atoms with Crippen LogP contribution < -0.4 is 10.2 Å². The largest absolute Gasteiger partial charge is 0.370 e. The van der Waals surface area contributed by atoms with Gasteiger partial charge >= 0.3 is 0 Å². The molecule has 0 radical (unpaired) electrons. The first kappa shape index (κ1) is 14.4. The van der Waals surface area contributed by atoms with E-state index in [1.54, 1.807) is 0 Å². The zero-order valence-corrected chi connectivity index (χ0v) is 12.9. The van der Waals surface area contributed by atoms with Gasteiger partial charge in [0.05, 0.1) is 0 Å². The van der Waals surface area contributed by atoms with Crippen molar-refractivity contribution in [1.82, 2.24) is 5.32 Å². The Morgan fingerprint density at radius 3 is 2.57 bits per heavy atom. The smallest absolute Gasteiger partial charge is 0.0407 e. The van der Waals surface area contributed by atoms with Gasteiger partial charge in [-0.15, -0.1) is 0 Å². The van der Waals surface area contributed by atoms with E-state index in [4.69, 9.17) is 11.6 Å². The van der Waals surface area contributed by atoms with E-state index in [1.807, 2.05) is 12.1 Å². The highest BCUT2D eigenvalue weighted by atomic mass is 35.5. The fraction of sp³-hybridized carbons (Fsp3) is 0.333. The Kier molecular flexibility index (Phi) is 4.79. The van der Waals surface area contributed by atoms with Gasteiger partial charge in [-0.25, -0.2) is 0 Å². The van der Waals surface area contributed by atoms with Crippen molar-refractivity contribution in [3.05, 3.63) is 65.2 Å². The molecule has 0 saturated carbocycles. The van der Waals surface area contributed by atoms with Gasteiger partial charge in [-0.05, 0) is 49.2 Å². The molecule has 1 atom stereocenters. The molecule has 0 aromatic heterocycles. The van der Waals surface area contributed by atoms with Gasteiger partial charge in [0, 0.05) is 29.8 Å². The first-order chi connectivity index (χ1) is 10.3. The number of nitrogens with one attached hydrogen (secondary N) is 1. The minimum Gasteiger partial charge on any atom is -0.370 e. The van der Waals surface area contributed by atoms with E-state index in [-0.39, 0.29) is 0 Å². The minimum absolute atomic E-state index is 0.491. The maximum Gasteiger partial charge on any atom is 0.0407 e. The van der Waals surface area contributed by atoms with Crippen LogP contribution in [0.25, 0.3) is 0 Å². The van der Waals surface area contributed by atoms with Gasteiger partial charge in [-0.3, -0.25) is 0 Å². The van der Waals surface area contributed by atoms with Gasteiger partial charge in [0.1, 0.15) is 0 Å². The molecule has 0 amide bonds. The van der Waals surface area contributed by atoms with Crippen LogP contribution in [0.1, 0.15) is 12.0 Å². The van der Waals surface area contributed by atoms with Gasteiger partial charge < -0.3 is 10.2 Å². The van der Waals surface area contributed by atoms with Crippen molar-refractivity contribution in [2.24, 2.45) is 0 Å². The zero-order valence-electron chi connectivity index (χ0n) is 12.1. The number of benzene rings is 2. The van der Waals surface area contributed by atoms with E-state index in [2.05, 4.69) is 52.7 Å². The summed E-state index contributed by atoms with van der Waals surface area (Å²) in [5, 5.41) is 4.47. The highest BCUT2D eigenvalue weighted by Gasteiger charge is 2.18. The van der Waals surface area contributed by atoms with E-state index in [0.717, 1.165) is 31.1 Å². The summed E-state index contributed by atoms with van der Waals surface area (Å²) in [6.07, 6.45) is 2.25. The average molecular weight is 301 g/mol. The van der Waals surface area contributed by atoms with E-state index in [1.165, 1.54) is 17.7 Å². The third-order valence-electron chi connectivity index (χ3n) is 4.00. The van der Waals surface area contributed by atoms with Crippen molar-refractivity contribution in [3.8, 4) is 0 Å². The number of anilines is 1. The molecule has 0 aliphatic carbocycles. The Bertz CT molecular complexity index is 553. The quantitative estimate of drug-likeness (QED) is 0.929. The predicted molar refractivity (Wildman–Crippen MR) is 90.2 cm³/mol. The van der Waals surface area contributed by atoms with Crippen LogP contribution in [0, 0.1) is 0 Å². The van der Waals surface area contributed by atoms with Crippen molar-refractivity contribution in [2.75, 3.05) is 24.5 Å². The zero-order chi connectivity index (χ0) is 14.5. The maximum atomic E-state index is 5.99. The molecule has 1 N–H and O–H groups in total. The minimum atomic E-state index is 0.491. The lowest BCUT2D eigenvalue weighted by molar-refractivity contribution is 0.540. The molecule has 2 aromatic carbocycles. The summed E-state index contributed by atoms with van der Waals surface area (Å²) in [5.74, 6) is 0. The lowest BCUT2D eigenvalue weighted by atomic mass is 10.1. The second kappa shape index (κ2) is 6.97. The lowest BCUT2D eigenvalue weighted by Crippen LogP contribution is -2.39. The Morgan fingerprint density at radius 1 is 1.05 bits per heavy atom.